The highest BCUT2D eigenvalue weighted by Crippen LogP contribution is 2.19. The molecule has 1 unspecified atom stereocenters. The van der Waals surface area contributed by atoms with Crippen molar-refractivity contribution in [2.45, 2.75) is 25.4 Å². The largest absolute Gasteiger partial charge is 0.481 e. The molecule has 1 amide bonds. The van der Waals surface area contributed by atoms with Crippen molar-refractivity contribution in [2.75, 3.05) is 5.32 Å². The van der Waals surface area contributed by atoms with Gasteiger partial charge in [-0.3, -0.25) is 9.59 Å². The van der Waals surface area contributed by atoms with Gasteiger partial charge in [0.15, 0.2) is 4.47 Å². The second-order valence-corrected chi connectivity index (χ2v) is 7.00. The van der Waals surface area contributed by atoms with Gasteiger partial charge in [-0.25, -0.2) is 9.78 Å². The molecule has 10 heteroatoms. The molecule has 2 aromatic rings. The van der Waals surface area contributed by atoms with Crippen LogP contribution in [0.1, 0.15) is 28.1 Å². The Hall–Kier alpha value is -2.65. The first-order chi connectivity index (χ1) is 12.3. The maximum atomic E-state index is 12.1. The van der Waals surface area contributed by atoms with Crippen LogP contribution < -0.4 is 10.6 Å². The van der Waals surface area contributed by atoms with E-state index in [-0.39, 0.29) is 18.4 Å². The summed E-state index contributed by atoms with van der Waals surface area (Å²) in [6, 6.07) is 5.21. The molecule has 0 saturated carbocycles. The third kappa shape index (κ3) is 6.01. The van der Waals surface area contributed by atoms with Gasteiger partial charge < -0.3 is 20.8 Å². The number of aromatic nitrogens is 1. The predicted molar refractivity (Wildman–Crippen MR) is 96.7 cm³/mol. The van der Waals surface area contributed by atoms with Crippen LogP contribution in [0.5, 0.6) is 0 Å². The number of hydrogen-bond donors (Lipinski definition) is 4. The molecule has 0 spiro atoms. The fraction of sp³-hybridized carbons (Fsp3) is 0.250. The zero-order chi connectivity index (χ0) is 19.1. The smallest absolute Gasteiger partial charge is 0.326 e. The third-order valence-corrected chi connectivity index (χ3v) is 4.50. The van der Waals surface area contributed by atoms with E-state index in [9.17, 15) is 14.4 Å². The summed E-state index contributed by atoms with van der Waals surface area (Å²) >= 11 is 7.12. The number of halogens is 1. The van der Waals surface area contributed by atoms with Crippen molar-refractivity contribution >= 4 is 46.5 Å². The fourth-order valence-electron chi connectivity index (χ4n) is 2.06. The van der Waals surface area contributed by atoms with Gasteiger partial charge >= 0.3 is 11.9 Å². The van der Waals surface area contributed by atoms with Crippen LogP contribution in [0.4, 0.5) is 5.69 Å². The SMILES string of the molecule is O=C(O)CCC(NC(=O)c1ccc(NCc2cnc(Cl)s2)cc1)C(=O)O. The molecule has 1 aromatic heterocycles. The minimum absolute atomic E-state index is 0.187. The summed E-state index contributed by atoms with van der Waals surface area (Å²) in [6.45, 7) is 0.534. The van der Waals surface area contributed by atoms with Gasteiger partial charge in [0.2, 0.25) is 0 Å². The fourth-order valence-corrected chi connectivity index (χ4v) is 2.98. The van der Waals surface area contributed by atoms with Crippen molar-refractivity contribution in [2.24, 2.45) is 0 Å². The molecular formula is C16H16ClN3O5S. The van der Waals surface area contributed by atoms with Crippen LogP contribution in [0.15, 0.2) is 30.5 Å². The summed E-state index contributed by atoms with van der Waals surface area (Å²) in [6.07, 6.45) is 1.14. The number of anilines is 1. The molecule has 1 atom stereocenters. The van der Waals surface area contributed by atoms with Crippen LogP contribution in [-0.2, 0) is 16.1 Å². The van der Waals surface area contributed by atoms with Crippen molar-refractivity contribution in [3.63, 3.8) is 0 Å². The Morgan fingerprint density at radius 1 is 1.19 bits per heavy atom. The number of carbonyl (C=O) groups excluding carboxylic acids is 1. The van der Waals surface area contributed by atoms with Crippen LogP contribution in [0.25, 0.3) is 0 Å². The number of thiazole rings is 1. The molecule has 0 bridgehead atoms. The predicted octanol–water partition coefficient (Wildman–Crippen LogP) is 2.46. The number of carbonyl (C=O) groups is 3. The molecule has 0 aliphatic heterocycles. The van der Waals surface area contributed by atoms with Crippen LogP contribution in [-0.4, -0.2) is 39.1 Å². The topological polar surface area (TPSA) is 129 Å². The molecule has 0 fully saturated rings. The molecule has 1 heterocycles. The number of carboxylic acid groups (broad SMARTS) is 2. The number of nitrogens with one attached hydrogen (secondary N) is 2. The first-order valence-electron chi connectivity index (χ1n) is 7.54. The first kappa shape index (κ1) is 19.7. The monoisotopic (exact) mass is 397 g/mol. The lowest BCUT2D eigenvalue weighted by Crippen LogP contribution is -2.41. The summed E-state index contributed by atoms with van der Waals surface area (Å²) in [4.78, 5) is 38.7. The van der Waals surface area contributed by atoms with Crippen molar-refractivity contribution in [3.8, 4) is 0 Å². The molecule has 26 heavy (non-hydrogen) atoms. The maximum Gasteiger partial charge on any atom is 0.326 e. The van der Waals surface area contributed by atoms with E-state index in [1.165, 1.54) is 11.3 Å². The zero-order valence-electron chi connectivity index (χ0n) is 13.4. The van der Waals surface area contributed by atoms with Gasteiger partial charge in [0, 0.05) is 28.7 Å². The highest BCUT2D eigenvalue weighted by Gasteiger charge is 2.21. The maximum absolute atomic E-state index is 12.1. The lowest BCUT2D eigenvalue weighted by atomic mass is 10.1. The van der Waals surface area contributed by atoms with E-state index >= 15 is 0 Å². The second kappa shape index (κ2) is 9.16. The number of hydrogen-bond acceptors (Lipinski definition) is 6. The van der Waals surface area contributed by atoms with Gasteiger partial charge in [-0.2, -0.15) is 0 Å². The molecule has 0 aliphatic rings. The van der Waals surface area contributed by atoms with Crippen molar-refractivity contribution in [3.05, 3.63) is 45.4 Å². The Morgan fingerprint density at radius 2 is 1.88 bits per heavy atom. The van der Waals surface area contributed by atoms with Gasteiger partial charge in [0.05, 0.1) is 6.54 Å². The van der Waals surface area contributed by atoms with Crippen LogP contribution in [0, 0.1) is 0 Å². The molecule has 1 aromatic carbocycles. The Kier molecular flexibility index (Phi) is 6.93. The second-order valence-electron chi connectivity index (χ2n) is 5.31. The molecule has 138 valence electrons. The summed E-state index contributed by atoms with van der Waals surface area (Å²) in [5.74, 6) is -2.98. The van der Waals surface area contributed by atoms with Gasteiger partial charge in [0.1, 0.15) is 6.04 Å². The minimum Gasteiger partial charge on any atom is -0.481 e. The molecule has 0 radical (unpaired) electrons. The molecule has 2 rings (SSSR count). The Morgan fingerprint density at radius 3 is 2.42 bits per heavy atom. The quantitative estimate of drug-likeness (QED) is 0.511. The Balaban J connectivity index is 1.92. The average molecular weight is 398 g/mol. The molecule has 4 N–H and O–H groups in total. The average Bonchev–Trinajstić information content (AvgIpc) is 3.02. The van der Waals surface area contributed by atoms with Crippen molar-refractivity contribution in [1.82, 2.24) is 10.3 Å². The van der Waals surface area contributed by atoms with E-state index in [1.807, 2.05) is 0 Å². The Bertz CT molecular complexity index is 793. The molecule has 8 nitrogen and oxygen atoms in total. The van der Waals surface area contributed by atoms with Gasteiger partial charge in [-0.1, -0.05) is 11.6 Å². The van der Waals surface area contributed by atoms with E-state index in [0.717, 1.165) is 10.6 Å². The van der Waals surface area contributed by atoms with E-state index in [4.69, 9.17) is 21.8 Å². The normalized spacial score (nSPS) is 11.6. The standard InChI is InChI=1S/C16H16ClN3O5S/c17-16-19-8-11(26-16)7-18-10-3-1-9(2-4-10)14(23)20-12(15(24)25)5-6-13(21)22/h1-4,8,12,18H,5-7H2,(H,20,23)(H,21,22)(H,24,25). The number of carboxylic acids is 2. The van der Waals surface area contributed by atoms with Gasteiger partial charge in [0.25, 0.3) is 5.91 Å². The summed E-state index contributed by atoms with van der Waals surface area (Å²) in [5, 5.41) is 23.2. The lowest BCUT2D eigenvalue weighted by Gasteiger charge is -2.14. The molecular weight excluding hydrogens is 382 g/mol. The van der Waals surface area contributed by atoms with Gasteiger partial charge in [-0.05, 0) is 30.7 Å². The number of benzene rings is 1. The number of rotatable bonds is 9. The summed E-state index contributed by atoms with van der Waals surface area (Å²) < 4.78 is 0.463. The van der Waals surface area contributed by atoms with Crippen LogP contribution >= 0.6 is 22.9 Å². The van der Waals surface area contributed by atoms with E-state index in [1.54, 1.807) is 30.5 Å². The van der Waals surface area contributed by atoms with Crippen LogP contribution in [0.3, 0.4) is 0 Å². The molecule has 0 aliphatic carbocycles. The lowest BCUT2D eigenvalue weighted by molar-refractivity contribution is -0.140. The third-order valence-electron chi connectivity index (χ3n) is 3.39. The Labute approximate surface area is 157 Å². The van der Waals surface area contributed by atoms with Crippen molar-refractivity contribution < 1.29 is 24.6 Å². The van der Waals surface area contributed by atoms with E-state index in [2.05, 4.69) is 15.6 Å². The number of aliphatic carboxylic acids is 2. The number of amides is 1. The molecule has 0 saturated heterocycles. The highest BCUT2D eigenvalue weighted by molar-refractivity contribution is 7.15. The van der Waals surface area contributed by atoms with Crippen molar-refractivity contribution in [1.29, 1.82) is 0 Å². The van der Waals surface area contributed by atoms with Crippen LogP contribution in [0.2, 0.25) is 4.47 Å². The van der Waals surface area contributed by atoms with E-state index < -0.39 is 23.9 Å². The minimum atomic E-state index is -1.28. The van der Waals surface area contributed by atoms with E-state index in [0.29, 0.717) is 11.0 Å². The summed E-state index contributed by atoms with van der Waals surface area (Å²) in [7, 11) is 0. The highest BCUT2D eigenvalue weighted by atomic mass is 35.5. The van der Waals surface area contributed by atoms with Gasteiger partial charge in [-0.15, -0.1) is 11.3 Å². The number of nitrogens with zero attached hydrogens (tertiary/aromatic N) is 1. The summed E-state index contributed by atoms with van der Waals surface area (Å²) in [5.41, 5.74) is 1.05. The first-order valence-corrected chi connectivity index (χ1v) is 8.74. The zero-order valence-corrected chi connectivity index (χ0v) is 15.0.